The molecule has 3 aliphatic rings. The Morgan fingerprint density at radius 2 is 1.43 bits per heavy atom. The van der Waals surface area contributed by atoms with Gasteiger partial charge in [0.25, 0.3) is 0 Å². The Morgan fingerprint density at radius 1 is 0.821 bits per heavy atom. The lowest BCUT2D eigenvalue weighted by atomic mass is 10.1. The number of allylic oxidation sites excluding steroid dienone is 4. The predicted molar refractivity (Wildman–Crippen MR) is 113 cm³/mol. The van der Waals surface area contributed by atoms with Crippen LogP contribution in [0.25, 0.3) is 0 Å². The van der Waals surface area contributed by atoms with Crippen molar-refractivity contribution in [1.29, 1.82) is 0 Å². The fourth-order valence-electron chi connectivity index (χ4n) is 3.54. The van der Waals surface area contributed by atoms with Gasteiger partial charge in [-0.1, -0.05) is 30.4 Å². The second kappa shape index (κ2) is 12.5. The summed E-state index contributed by atoms with van der Waals surface area (Å²) in [7, 11) is 0. The van der Waals surface area contributed by atoms with Gasteiger partial charge in [0.2, 0.25) is 11.8 Å². The number of nitrogens with two attached hydrogens (primary N) is 2. The minimum atomic E-state index is 0.0613. The molecule has 0 saturated carbocycles. The van der Waals surface area contributed by atoms with E-state index >= 15 is 0 Å². The van der Waals surface area contributed by atoms with Gasteiger partial charge in [0.1, 0.15) is 0 Å². The Morgan fingerprint density at radius 3 is 2.04 bits per heavy atom. The highest BCUT2D eigenvalue weighted by molar-refractivity contribution is 5.78. The van der Waals surface area contributed by atoms with Gasteiger partial charge in [-0.2, -0.15) is 0 Å². The van der Waals surface area contributed by atoms with Crippen LogP contribution in [0.2, 0.25) is 0 Å². The lowest BCUT2D eigenvalue weighted by molar-refractivity contribution is -0.131. The summed E-state index contributed by atoms with van der Waals surface area (Å²) in [6.07, 6.45) is 15.4. The Kier molecular flexibility index (Phi) is 9.96. The topological polar surface area (TPSA) is 95.9 Å². The highest BCUT2D eigenvalue weighted by Crippen LogP contribution is 2.10. The van der Waals surface area contributed by atoms with E-state index in [0.717, 1.165) is 65.1 Å². The molecule has 2 saturated heterocycles. The van der Waals surface area contributed by atoms with Crippen molar-refractivity contribution >= 4 is 11.8 Å². The Balaban J connectivity index is 0.000000237. The third-order valence-corrected chi connectivity index (χ3v) is 5.24. The molecule has 2 fully saturated rings. The van der Waals surface area contributed by atoms with Gasteiger partial charge in [-0.3, -0.25) is 14.5 Å². The van der Waals surface area contributed by atoms with Crippen LogP contribution in [0.4, 0.5) is 0 Å². The molecule has 28 heavy (non-hydrogen) atoms. The van der Waals surface area contributed by atoms with E-state index in [0.29, 0.717) is 0 Å². The summed E-state index contributed by atoms with van der Waals surface area (Å²) in [5.41, 5.74) is 11.9. The van der Waals surface area contributed by atoms with Crippen LogP contribution in [0, 0.1) is 0 Å². The van der Waals surface area contributed by atoms with Gasteiger partial charge in [-0.15, -0.1) is 0 Å². The molecule has 0 bridgehead atoms. The SMILES string of the molecule is NCC(=O)N1CCCCC1.NCC(=O)N1CCN(CC2=CC=CCC=C2)CC1. The summed E-state index contributed by atoms with van der Waals surface area (Å²) in [4.78, 5) is 28.5. The van der Waals surface area contributed by atoms with Crippen LogP contribution in [0.3, 0.4) is 0 Å². The zero-order valence-corrected chi connectivity index (χ0v) is 16.9. The van der Waals surface area contributed by atoms with Crippen LogP contribution < -0.4 is 11.5 Å². The number of hydrogen-bond donors (Lipinski definition) is 2. The molecular formula is C21H35N5O2. The zero-order valence-electron chi connectivity index (χ0n) is 16.9. The summed E-state index contributed by atoms with van der Waals surface area (Å²) < 4.78 is 0. The summed E-state index contributed by atoms with van der Waals surface area (Å²) in [6, 6.07) is 0. The molecule has 3 rings (SSSR count). The van der Waals surface area contributed by atoms with Crippen molar-refractivity contribution < 1.29 is 9.59 Å². The van der Waals surface area contributed by atoms with Crippen LogP contribution in [-0.4, -0.2) is 85.4 Å². The molecule has 7 heteroatoms. The first-order valence-electron chi connectivity index (χ1n) is 10.3. The van der Waals surface area contributed by atoms with E-state index in [1.807, 2.05) is 9.80 Å². The monoisotopic (exact) mass is 389 g/mol. The number of nitrogens with zero attached hydrogens (tertiary/aromatic N) is 3. The fourth-order valence-corrected chi connectivity index (χ4v) is 3.54. The van der Waals surface area contributed by atoms with Gasteiger partial charge < -0.3 is 21.3 Å². The average molecular weight is 390 g/mol. The van der Waals surface area contributed by atoms with Crippen molar-refractivity contribution in [2.24, 2.45) is 11.5 Å². The van der Waals surface area contributed by atoms with E-state index < -0.39 is 0 Å². The molecule has 0 aromatic heterocycles. The number of likely N-dealkylation sites (tertiary alicyclic amines) is 1. The number of hydrogen-bond acceptors (Lipinski definition) is 5. The van der Waals surface area contributed by atoms with E-state index in [4.69, 9.17) is 11.5 Å². The summed E-state index contributed by atoms with van der Waals surface area (Å²) in [5, 5.41) is 0. The van der Waals surface area contributed by atoms with Gasteiger partial charge >= 0.3 is 0 Å². The van der Waals surface area contributed by atoms with Crippen molar-refractivity contribution in [2.75, 3.05) is 58.9 Å². The lowest BCUT2D eigenvalue weighted by Gasteiger charge is -2.34. The van der Waals surface area contributed by atoms with Crippen molar-refractivity contribution in [2.45, 2.75) is 25.7 Å². The van der Waals surface area contributed by atoms with E-state index in [-0.39, 0.29) is 24.9 Å². The van der Waals surface area contributed by atoms with E-state index in [1.165, 1.54) is 12.0 Å². The molecule has 7 nitrogen and oxygen atoms in total. The number of amides is 2. The third-order valence-electron chi connectivity index (χ3n) is 5.24. The first-order chi connectivity index (χ1) is 13.6. The second-order valence-electron chi connectivity index (χ2n) is 7.31. The Labute approximate surface area is 168 Å². The van der Waals surface area contributed by atoms with Crippen LogP contribution in [-0.2, 0) is 9.59 Å². The molecule has 2 heterocycles. The Bertz CT molecular complexity index is 586. The molecule has 0 aromatic carbocycles. The molecule has 2 amide bonds. The fraction of sp³-hybridized carbons (Fsp3) is 0.619. The quantitative estimate of drug-likeness (QED) is 0.730. The largest absolute Gasteiger partial charge is 0.342 e. The maximum atomic E-state index is 11.5. The highest BCUT2D eigenvalue weighted by atomic mass is 16.2. The van der Waals surface area contributed by atoms with E-state index in [1.54, 1.807) is 0 Å². The normalized spacial score (nSPS) is 20.1. The summed E-state index contributed by atoms with van der Waals surface area (Å²) in [5.74, 6) is 0.158. The van der Waals surface area contributed by atoms with Gasteiger partial charge in [0.15, 0.2) is 0 Å². The molecule has 0 unspecified atom stereocenters. The van der Waals surface area contributed by atoms with Crippen LogP contribution in [0.15, 0.2) is 36.0 Å². The standard InChI is InChI=1S/C14H21N3O.C7H14N2O/c15-11-14(18)17-9-7-16(8-10-17)12-13-5-3-1-2-4-6-13;8-6-7(10)9-4-2-1-3-5-9/h1,3-6H,2,7-12,15H2;1-6,8H2. The highest BCUT2D eigenvalue weighted by Gasteiger charge is 2.20. The zero-order chi connectivity index (χ0) is 20.2. The first-order valence-corrected chi connectivity index (χ1v) is 10.3. The predicted octanol–water partition coefficient (Wildman–Crippen LogP) is 0.489. The number of piperazine rings is 1. The molecule has 4 N–H and O–H groups in total. The molecule has 0 atom stereocenters. The van der Waals surface area contributed by atoms with Crippen molar-refractivity contribution in [3.63, 3.8) is 0 Å². The average Bonchev–Trinajstić information content (AvgIpc) is 3.03. The number of piperidine rings is 1. The number of carbonyl (C=O) groups excluding carboxylic acids is 2. The maximum absolute atomic E-state index is 11.5. The van der Waals surface area contributed by atoms with Crippen molar-refractivity contribution in [3.8, 4) is 0 Å². The van der Waals surface area contributed by atoms with E-state index in [9.17, 15) is 9.59 Å². The van der Waals surface area contributed by atoms with Crippen molar-refractivity contribution in [3.05, 3.63) is 36.0 Å². The van der Waals surface area contributed by atoms with Crippen LogP contribution in [0.1, 0.15) is 25.7 Å². The molecule has 156 valence electrons. The minimum absolute atomic E-state index is 0.0613. The molecule has 1 aliphatic carbocycles. The molecule has 0 spiro atoms. The number of carbonyl (C=O) groups is 2. The second-order valence-corrected chi connectivity index (χ2v) is 7.31. The summed E-state index contributed by atoms with van der Waals surface area (Å²) in [6.45, 7) is 6.53. The third kappa shape index (κ3) is 7.58. The molecule has 0 radical (unpaired) electrons. The smallest absolute Gasteiger partial charge is 0.236 e. The van der Waals surface area contributed by atoms with Crippen LogP contribution >= 0.6 is 0 Å². The Hall–Kier alpha value is -1.96. The molecule has 2 aliphatic heterocycles. The van der Waals surface area contributed by atoms with Gasteiger partial charge in [0.05, 0.1) is 13.1 Å². The van der Waals surface area contributed by atoms with Crippen LogP contribution in [0.5, 0.6) is 0 Å². The molecule has 0 aromatic rings. The minimum Gasteiger partial charge on any atom is -0.342 e. The van der Waals surface area contributed by atoms with Gasteiger partial charge in [-0.25, -0.2) is 0 Å². The van der Waals surface area contributed by atoms with Gasteiger partial charge in [0, 0.05) is 45.8 Å². The first kappa shape index (κ1) is 22.3. The lowest BCUT2D eigenvalue weighted by Crippen LogP contribution is -2.50. The number of rotatable bonds is 4. The van der Waals surface area contributed by atoms with Gasteiger partial charge in [-0.05, 0) is 31.3 Å². The summed E-state index contributed by atoms with van der Waals surface area (Å²) >= 11 is 0. The maximum Gasteiger partial charge on any atom is 0.236 e. The molecular weight excluding hydrogens is 354 g/mol. The van der Waals surface area contributed by atoms with E-state index in [2.05, 4.69) is 35.3 Å². The van der Waals surface area contributed by atoms with Crippen molar-refractivity contribution in [1.82, 2.24) is 14.7 Å².